The van der Waals surface area contributed by atoms with Crippen LogP contribution in [-0.2, 0) is 19.1 Å². The molecule has 1 atom stereocenters. The third-order valence-corrected chi connectivity index (χ3v) is 1.43. The Hall–Kier alpha value is -1.32. The Morgan fingerprint density at radius 2 is 2.45 bits per heavy atom. The first-order valence-corrected chi connectivity index (χ1v) is 3.11. The van der Waals surface area contributed by atoms with E-state index in [1.54, 1.807) is 0 Å². The lowest BCUT2D eigenvalue weighted by molar-refractivity contribution is -0.158. The minimum atomic E-state index is -0.778. The first-order valence-electron chi connectivity index (χ1n) is 3.11. The van der Waals surface area contributed by atoms with Crippen LogP contribution in [0.1, 0.15) is 6.42 Å². The van der Waals surface area contributed by atoms with Gasteiger partial charge in [0, 0.05) is 12.0 Å². The van der Waals surface area contributed by atoms with Crippen molar-refractivity contribution in [3.8, 4) is 0 Å². The molecule has 1 fully saturated rings. The van der Waals surface area contributed by atoms with Gasteiger partial charge in [-0.1, -0.05) is 6.58 Å². The Balaban J connectivity index is 2.60. The summed E-state index contributed by atoms with van der Waals surface area (Å²) < 4.78 is 8.99. The molecule has 0 aliphatic carbocycles. The van der Waals surface area contributed by atoms with Gasteiger partial charge in [0.15, 0.2) is 0 Å². The van der Waals surface area contributed by atoms with Gasteiger partial charge in [-0.2, -0.15) is 0 Å². The van der Waals surface area contributed by atoms with Gasteiger partial charge in [0.1, 0.15) is 0 Å². The lowest BCUT2D eigenvalue weighted by atomic mass is 10.2. The van der Waals surface area contributed by atoms with Crippen molar-refractivity contribution in [2.24, 2.45) is 0 Å². The van der Waals surface area contributed by atoms with E-state index in [9.17, 15) is 9.59 Å². The van der Waals surface area contributed by atoms with Gasteiger partial charge in [0.05, 0.1) is 7.11 Å². The van der Waals surface area contributed by atoms with E-state index in [0.29, 0.717) is 5.57 Å². The van der Waals surface area contributed by atoms with Crippen molar-refractivity contribution < 1.29 is 19.1 Å². The van der Waals surface area contributed by atoms with E-state index in [4.69, 9.17) is 0 Å². The van der Waals surface area contributed by atoms with Gasteiger partial charge in [0.25, 0.3) is 0 Å². The zero-order valence-corrected chi connectivity index (χ0v) is 6.12. The van der Waals surface area contributed by atoms with Crippen LogP contribution < -0.4 is 0 Å². The van der Waals surface area contributed by atoms with Crippen LogP contribution in [0.5, 0.6) is 0 Å². The number of esters is 2. The fourth-order valence-electron chi connectivity index (χ4n) is 0.824. The first-order chi connectivity index (χ1) is 5.15. The third kappa shape index (κ3) is 1.39. The molecule has 1 heterocycles. The fraction of sp³-hybridized carbons (Fsp3) is 0.429. The van der Waals surface area contributed by atoms with Gasteiger partial charge in [-0.15, -0.1) is 0 Å². The minimum absolute atomic E-state index is 0.242. The highest BCUT2D eigenvalue weighted by Gasteiger charge is 2.33. The molecule has 0 saturated carbocycles. The van der Waals surface area contributed by atoms with Crippen molar-refractivity contribution in [3.05, 3.63) is 12.2 Å². The maximum atomic E-state index is 10.8. The van der Waals surface area contributed by atoms with E-state index in [2.05, 4.69) is 16.1 Å². The third-order valence-electron chi connectivity index (χ3n) is 1.43. The molecule has 60 valence electrons. The Morgan fingerprint density at radius 1 is 1.82 bits per heavy atom. The van der Waals surface area contributed by atoms with E-state index in [-0.39, 0.29) is 6.42 Å². The molecular weight excluding hydrogens is 148 g/mol. The van der Waals surface area contributed by atoms with E-state index < -0.39 is 18.0 Å². The smallest absolute Gasteiger partial charge is 0.347 e. The van der Waals surface area contributed by atoms with Crippen LogP contribution in [0.25, 0.3) is 0 Å². The molecule has 4 nitrogen and oxygen atoms in total. The fourth-order valence-corrected chi connectivity index (χ4v) is 0.824. The maximum absolute atomic E-state index is 10.8. The molecule has 11 heavy (non-hydrogen) atoms. The van der Waals surface area contributed by atoms with Gasteiger partial charge >= 0.3 is 11.9 Å². The van der Waals surface area contributed by atoms with Gasteiger partial charge < -0.3 is 9.47 Å². The lowest BCUT2D eigenvalue weighted by Gasteiger charge is -2.03. The molecule has 4 heteroatoms. The molecule has 0 radical (unpaired) electrons. The number of carbonyl (C=O) groups is 2. The van der Waals surface area contributed by atoms with Crippen LogP contribution in [0.2, 0.25) is 0 Å². The van der Waals surface area contributed by atoms with Gasteiger partial charge in [0.2, 0.25) is 6.10 Å². The Labute approximate surface area is 63.8 Å². The van der Waals surface area contributed by atoms with Gasteiger partial charge in [-0.25, -0.2) is 9.59 Å². The molecule has 0 unspecified atom stereocenters. The largest absolute Gasteiger partial charge is 0.466 e. The highest BCUT2D eigenvalue weighted by Crippen LogP contribution is 2.18. The second kappa shape index (κ2) is 2.74. The Bertz CT molecular complexity index is 202. The normalized spacial score (nSPS) is 23.2. The summed E-state index contributed by atoms with van der Waals surface area (Å²) in [6.45, 7) is 3.42. The molecule has 0 aromatic carbocycles. The minimum Gasteiger partial charge on any atom is -0.466 e. The van der Waals surface area contributed by atoms with Crippen molar-refractivity contribution in [1.82, 2.24) is 0 Å². The predicted octanol–water partition coefficient (Wildman–Crippen LogP) is 0.0311. The summed E-state index contributed by atoms with van der Waals surface area (Å²) in [5, 5.41) is 0. The summed E-state index contributed by atoms with van der Waals surface area (Å²) in [4.78, 5) is 21.4. The molecule has 1 saturated heterocycles. The molecular formula is C7H8O4. The predicted molar refractivity (Wildman–Crippen MR) is 35.7 cm³/mol. The van der Waals surface area contributed by atoms with Crippen molar-refractivity contribution in [2.75, 3.05) is 7.11 Å². The molecule has 0 aromatic rings. The lowest BCUT2D eigenvalue weighted by Crippen LogP contribution is -2.21. The second-order valence-electron chi connectivity index (χ2n) is 2.22. The molecule has 1 aliphatic heterocycles. The number of methoxy groups -OCH3 is 1. The summed E-state index contributed by atoms with van der Waals surface area (Å²) >= 11 is 0. The van der Waals surface area contributed by atoms with Crippen molar-refractivity contribution in [3.63, 3.8) is 0 Å². The Kier molecular flexibility index (Phi) is 1.94. The van der Waals surface area contributed by atoms with Crippen LogP contribution in [0.3, 0.4) is 0 Å². The monoisotopic (exact) mass is 156 g/mol. The molecule has 1 rings (SSSR count). The first kappa shape index (κ1) is 7.78. The van der Waals surface area contributed by atoms with Crippen LogP contribution in [0.4, 0.5) is 0 Å². The maximum Gasteiger partial charge on any atom is 0.347 e. The van der Waals surface area contributed by atoms with Gasteiger partial charge in [-0.05, 0) is 0 Å². The number of hydrogen-bond donors (Lipinski definition) is 0. The highest BCUT2D eigenvalue weighted by molar-refractivity contribution is 5.94. The molecule has 0 bridgehead atoms. The average molecular weight is 156 g/mol. The van der Waals surface area contributed by atoms with Crippen LogP contribution >= 0.6 is 0 Å². The van der Waals surface area contributed by atoms with Crippen molar-refractivity contribution in [1.29, 1.82) is 0 Å². The molecule has 0 aromatic heterocycles. The Morgan fingerprint density at radius 3 is 2.82 bits per heavy atom. The molecule has 0 amide bonds. The van der Waals surface area contributed by atoms with Crippen LogP contribution in [0, 0.1) is 0 Å². The van der Waals surface area contributed by atoms with Crippen LogP contribution in [0.15, 0.2) is 12.2 Å². The summed E-state index contributed by atoms with van der Waals surface area (Å²) in [5.41, 5.74) is 0.320. The standard InChI is InChI=1S/C7H8O4/c1-4-3-5(7(9)10-2)11-6(4)8/h5H,1,3H2,2H3/t5-/m0/s1. The SMILES string of the molecule is C=C1C[C@@H](C(=O)OC)OC1=O. The number of ether oxygens (including phenoxy) is 2. The van der Waals surface area contributed by atoms with Crippen molar-refractivity contribution >= 4 is 11.9 Å². The number of cyclic esters (lactones) is 1. The summed E-state index contributed by atoms with van der Waals surface area (Å²) in [5.74, 6) is -1.04. The summed E-state index contributed by atoms with van der Waals surface area (Å²) in [7, 11) is 1.25. The number of rotatable bonds is 1. The summed E-state index contributed by atoms with van der Waals surface area (Å²) in [6.07, 6.45) is -0.536. The number of hydrogen-bond acceptors (Lipinski definition) is 4. The summed E-state index contributed by atoms with van der Waals surface area (Å²) in [6, 6.07) is 0. The number of carbonyl (C=O) groups excluding carboxylic acids is 2. The van der Waals surface area contributed by atoms with E-state index in [1.807, 2.05) is 0 Å². The van der Waals surface area contributed by atoms with E-state index >= 15 is 0 Å². The van der Waals surface area contributed by atoms with Crippen molar-refractivity contribution in [2.45, 2.75) is 12.5 Å². The van der Waals surface area contributed by atoms with Crippen LogP contribution in [-0.4, -0.2) is 25.2 Å². The zero-order chi connectivity index (χ0) is 8.43. The van der Waals surface area contributed by atoms with Gasteiger partial charge in [-0.3, -0.25) is 0 Å². The second-order valence-corrected chi connectivity index (χ2v) is 2.22. The average Bonchev–Trinajstić information content (AvgIpc) is 2.31. The molecule has 0 N–H and O–H groups in total. The zero-order valence-electron chi connectivity index (χ0n) is 6.12. The molecule has 0 spiro atoms. The highest BCUT2D eigenvalue weighted by atomic mass is 16.6. The van der Waals surface area contributed by atoms with E-state index in [0.717, 1.165) is 0 Å². The molecule has 1 aliphatic rings. The topological polar surface area (TPSA) is 52.6 Å². The van der Waals surface area contributed by atoms with E-state index in [1.165, 1.54) is 7.11 Å². The quantitative estimate of drug-likeness (QED) is 0.397.